The highest BCUT2D eigenvalue weighted by atomic mass is 28.4. The normalized spacial score (nSPS) is 43.6. The van der Waals surface area contributed by atoms with Crippen LogP contribution in [-0.2, 0) is 14.1 Å². The van der Waals surface area contributed by atoms with Gasteiger partial charge in [-0.2, -0.15) is 0 Å². The van der Waals surface area contributed by atoms with Crippen molar-refractivity contribution in [3.63, 3.8) is 0 Å². The minimum atomic E-state index is -1.70. The molecule has 0 saturated heterocycles. The van der Waals surface area contributed by atoms with Gasteiger partial charge in [0.15, 0.2) is 8.32 Å². The third-order valence-electron chi connectivity index (χ3n) is 8.70. The fourth-order valence-electron chi connectivity index (χ4n) is 7.36. The second-order valence-corrected chi connectivity index (χ2v) is 15.7. The lowest BCUT2D eigenvalue weighted by atomic mass is 9.46. The number of nitrogens with zero attached hydrogens (tertiary/aromatic N) is 2. The Balaban J connectivity index is 1.73. The molecule has 0 unspecified atom stereocenters. The summed E-state index contributed by atoms with van der Waals surface area (Å²) in [6, 6.07) is 0. The van der Waals surface area contributed by atoms with Gasteiger partial charge in [-0.1, -0.05) is 29.7 Å². The lowest BCUT2D eigenvalue weighted by Gasteiger charge is -2.60. The molecule has 6 atom stereocenters. The molecule has 4 rings (SSSR count). The lowest BCUT2D eigenvalue weighted by molar-refractivity contribution is -0.0853. The molecule has 30 heavy (non-hydrogen) atoms. The Hall–Kier alpha value is -1.14. The number of oxime groups is 2. The quantitative estimate of drug-likeness (QED) is 0.418. The van der Waals surface area contributed by atoms with Gasteiger partial charge in [0.1, 0.15) is 14.2 Å². The topological polar surface area (TPSA) is 52.4 Å². The molecule has 0 aromatic carbocycles. The van der Waals surface area contributed by atoms with Crippen LogP contribution in [0.1, 0.15) is 58.8 Å². The minimum absolute atomic E-state index is 0.00632. The van der Waals surface area contributed by atoms with Gasteiger partial charge in [0.2, 0.25) is 0 Å². The van der Waals surface area contributed by atoms with E-state index in [9.17, 15) is 0 Å². The average Bonchev–Trinajstić information content (AvgIpc) is 3.00. The predicted molar refractivity (Wildman–Crippen MR) is 124 cm³/mol. The molecular weight excluding hydrogens is 392 g/mol. The molecule has 0 radical (unpaired) electrons. The lowest BCUT2D eigenvalue weighted by Crippen LogP contribution is -2.58. The van der Waals surface area contributed by atoms with E-state index >= 15 is 0 Å². The fraction of sp³-hybridized carbons (Fsp3) is 0.833. The van der Waals surface area contributed by atoms with Gasteiger partial charge >= 0.3 is 0 Å². The van der Waals surface area contributed by atoms with Crippen LogP contribution in [0.4, 0.5) is 0 Å². The summed E-state index contributed by atoms with van der Waals surface area (Å²) in [7, 11) is 1.64. The standard InChI is InChI=1S/C24H40N2O3Si/c1-23-13-12-17(25-27-3)14-16(23)8-9-18-19-10-11-21(26-28-4)24(19,2)22(15-20(18)23)29-30(5,6)7/h14,18-20,22H,8-13,15H2,1-7H3/b25-17+,26-21-/t18-,19-,20-,22+,23-,24-/m0/s1. The zero-order chi connectivity index (χ0) is 21.7. The highest BCUT2D eigenvalue weighted by Crippen LogP contribution is 2.65. The van der Waals surface area contributed by atoms with Crippen LogP contribution in [0.15, 0.2) is 22.0 Å². The maximum Gasteiger partial charge on any atom is 0.184 e. The first-order valence-corrected chi connectivity index (χ1v) is 15.1. The van der Waals surface area contributed by atoms with E-state index in [0.717, 1.165) is 30.9 Å². The van der Waals surface area contributed by atoms with E-state index in [4.69, 9.17) is 14.1 Å². The molecule has 4 aliphatic rings. The van der Waals surface area contributed by atoms with Gasteiger partial charge in [0.05, 0.1) is 17.5 Å². The van der Waals surface area contributed by atoms with Gasteiger partial charge in [-0.15, -0.1) is 0 Å². The maximum absolute atomic E-state index is 6.94. The number of hydrogen-bond donors (Lipinski definition) is 0. The summed E-state index contributed by atoms with van der Waals surface area (Å²) in [6.07, 6.45) is 10.6. The highest BCUT2D eigenvalue weighted by molar-refractivity contribution is 6.69. The summed E-state index contributed by atoms with van der Waals surface area (Å²) < 4.78 is 6.94. The van der Waals surface area contributed by atoms with E-state index in [-0.39, 0.29) is 16.9 Å². The second kappa shape index (κ2) is 7.77. The summed E-state index contributed by atoms with van der Waals surface area (Å²) >= 11 is 0. The van der Waals surface area contributed by atoms with E-state index < -0.39 is 8.32 Å². The van der Waals surface area contributed by atoms with Crippen LogP contribution >= 0.6 is 0 Å². The Bertz CT molecular complexity index is 771. The van der Waals surface area contributed by atoms with Crippen molar-refractivity contribution >= 4 is 19.7 Å². The van der Waals surface area contributed by atoms with Gasteiger partial charge in [0, 0.05) is 5.41 Å². The highest BCUT2D eigenvalue weighted by Gasteiger charge is 2.62. The second-order valence-electron chi connectivity index (χ2n) is 11.3. The zero-order valence-corrected chi connectivity index (χ0v) is 21.0. The smallest absolute Gasteiger partial charge is 0.184 e. The third-order valence-corrected chi connectivity index (χ3v) is 9.69. The fourth-order valence-corrected chi connectivity index (χ4v) is 8.55. The van der Waals surface area contributed by atoms with Gasteiger partial charge < -0.3 is 14.1 Å². The Morgan fingerprint density at radius 1 is 0.967 bits per heavy atom. The van der Waals surface area contributed by atoms with E-state index in [1.54, 1.807) is 19.8 Å². The van der Waals surface area contributed by atoms with Crippen LogP contribution in [0.5, 0.6) is 0 Å². The van der Waals surface area contributed by atoms with E-state index in [2.05, 4.69) is 49.9 Å². The molecule has 0 spiro atoms. The van der Waals surface area contributed by atoms with Crippen molar-refractivity contribution in [3.8, 4) is 0 Å². The monoisotopic (exact) mass is 432 g/mol. The van der Waals surface area contributed by atoms with Crippen LogP contribution in [-0.4, -0.2) is 40.1 Å². The van der Waals surface area contributed by atoms with Crippen LogP contribution in [0.2, 0.25) is 19.6 Å². The Kier molecular flexibility index (Phi) is 5.71. The van der Waals surface area contributed by atoms with Crippen molar-refractivity contribution in [2.24, 2.45) is 38.9 Å². The van der Waals surface area contributed by atoms with Crippen molar-refractivity contribution in [1.29, 1.82) is 0 Å². The number of fused-ring (bicyclic) bond motifs is 5. The van der Waals surface area contributed by atoms with Crippen molar-refractivity contribution in [1.82, 2.24) is 0 Å². The average molecular weight is 433 g/mol. The summed E-state index contributed by atoms with van der Waals surface area (Å²) in [5.74, 6) is 2.05. The first-order valence-electron chi connectivity index (χ1n) is 11.7. The van der Waals surface area contributed by atoms with Crippen molar-refractivity contribution in [2.75, 3.05) is 14.2 Å². The largest absolute Gasteiger partial charge is 0.414 e. The van der Waals surface area contributed by atoms with Crippen molar-refractivity contribution in [3.05, 3.63) is 11.6 Å². The molecule has 4 aliphatic carbocycles. The van der Waals surface area contributed by atoms with E-state index in [1.165, 1.54) is 31.4 Å². The Morgan fingerprint density at radius 3 is 2.37 bits per heavy atom. The van der Waals surface area contributed by atoms with Crippen LogP contribution in [0.3, 0.4) is 0 Å². The first-order chi connectivity index (χ1) is 14.1. The first kappa shape index (κ1) is 22.1. The molecule has 0 aliphatic heterocycles. The zero-order valence-electron chi connectivity index (χ0n) is 20.0. The molecule has 6 heteroatoms. The molecule has 5 nitrogen and oxygen atoms in total. The summed E-state index contributed by atoms with van der Waals surface area (Å²) in [5.41, 5.74) is 4.19. The SMILES string of the molecule is CO/N=C1/CC[C@H]2[C@@H]3CCC4=C/C(=N/OC)CC[C@]4(C)[C@H]3C[C@@H](O[Si](C)(C)C)[C@]12C. The van der Waals surface area contributed by atoms with E-state index in [0.29, 0.717) is 11.8 Å². The minimum Gasteiger partial charge on any atom is -0.414 e. The van der Waals surface area contributed by atoms with Gasteiger partial charge in [-0.3, -0.25) is 0 Å². The van der Waals surface area contributed by atoms with Crippen LogP contribution in [0.25, 0.3) is 0 Å². The maximum atomic E-state index is 6.94. The van der Waals surface area contributed by atoms with Crippen molar-refractivity contribution < 1.29 is 14.1 Å². The number of allylic oxidation sites excluding steroid dienone is 2. The van der Waals surface area contributed by atoms with Crippen LogP contribution < -0.4 is 0 Å². The van der Waals surface area contributed by atoms with Crippen LogP contribution in [0, 0.1) is 28.6 Å². The predicted octanol–water partition coefficient (Wildman–Crippen LogP) is 5.78. The molecule has 0 N–H and O–H groups in total. The van der Waals surface area contributed by atoms with E-state index in [1.807, 2.05) is 0 Å². The molecule has 168 valence electrons. The Labute approximate surface area is 183 Å². The Morgan fingerprint density at radius 2 is 1.70 bits per heavy atom. The molecule has 3 fully saturated rings. The molecule has 0 heterocycles. The molecule has 0 bridgehead atoms. The van der Waals surface area contributed by atoms with Gasteiger partial charge in [-0.25, -0.2) is 0 Å². The van der Waals surface area contributed by atoms with Gasteiger partial charge in [0.25, 0.3) is 0 Å². The van der Waals surface area contributed by atoms with Crippen molar-refractivity contribution in [2.45, 2.75) is 84.5 Å². The molecule has 0 aromatic heterocycles. The molecular formula is C24H40N2O3Si. The summed E-state index contributed by atoms with van der Waals surface area (Å²) in [5, 5.41) is 8.80. The molecule has 0 amide bonds. The molecule has 0 aromatic rings. The number of rotatable bonds is 4. The van der Waals surface area contributed by atoms with Gasteiger partial charge in [-0.05, 0) is 93.8 Å². The summed E-state index contributed by atoms with van der Waals surface area (Å²) in [6.45, 7) is 11.9. The number of hydrogen-bond acceptors (Lipinski definition) is 5. The molecule has 3 saturated carbocycles. The third kappa shape index (κ3) is 3.48. The summed E-state index contributed by atoms with van der Waals surface area (Å²) in [4.78, 5) is 10.4.